The summed E-state index contributed by atoms with van der Waals surface area (Å²) in [4.78, 5) is 14.1. The van der Waals surface area contributed by atoms with Gasteiger partial charge in [-0.1, -0.05) is 0 Å². The Bertz CT molecular complexity index is 589. The number of nitrogens with zero attached hydrogens (tertiary/aromatic N) is 1. The third-order valence-corrected chi connectivity index (χ3v) is 4.07. The molecule has 1 amide bonds. The summed E-state index contributed by atoms with van der Waals surface area (Å²) in [6, 6.07) is 9.22. The lowest BCUT2D eigenvalue weighted by molar-refractivity contribution is 0.0530. The summed E-state index contributed by atoms with van der Waals surface area (Å²) in [6.45, 7) is 1.88. The maximum Gasteiger partial charge on any atom is 0.251 e. The Morgan fingerprint density at radius 2 is 1.95 bits per heavy atom. The molecule has 0 bridgehead atoms. The number of aliphatic hydroxyl groups is 1. The lowest BCUT2D eigenvalue weighted by atomic mass is 9.99. The van der Waals surface area contributed by atoms with Gasteiger partial charge in [-0.15, -0.1) is 0 Å². The van der Waals surface area contributed by atoms with Crippen LogP contribution in [0.15, 0.2) is 41.1 Å². The first-order valence-corrected chi connectivity index (χ1v) is 7.65. The van der Waals surface area contributed by atoms with Crippen LogP contribution in [0.4, 0.5) is 5.69 Å². The summed E-state index contributed by atoms with van der Waals surface area (Å²) in [6.07, 6.45) is 0. The van der Waals surface area contributed by atoms with Crippen molar-refractivity contribution in [1.82, 2.24) is 5.32 Å². The van der Waals surface area contributed by atoms with Gasteiger partial charge in [-0.2, -0.15) is 11.3 Å². The van der Waals surface area contributed by atoms with Gasteiger partial charge in [-0.25, -0.2) is 0 Å². The smallest absolute Gasteiger partial charge is 0.251 e. The van der Waals surface area contributed by atoms with Crippen molar-refractivity contribution in [2.75, 3.05) is 25.5 Å². The van der Waals surface area contributed by atoms with E-state index in [1.807, 2.05) is 48.0 Å². The molecule has 0 aliphatic carbocycles. The topological polar surface area (TPSA) is 52.6 Å². The van der Waals surface area contributed by atoms with Crippen molar-refractivity contribution in [2.24, 2.45) is 0 Å². The first-order valence-electron chi connectivity index (χ1n) is 6.71. The molecule has 0 radical (unpaired) electrons. The summed E-state index contributed by atoms with van der Waals surface area (Å²) in [7, 11) is 3.90. The van der Waals surface area contributed by atoms with E-state index in [1.165, 1.54) is 11.3 Å². The molecule has 5 heteroatoms. The molecule has 1 unspecified atom stereocenters. The maximum atomic E-state index is 12.1. The summed E-state index contributed by atoms with van der Waals surface area (Å²) < 4.78 is 0. The molecule has 0 aliphatic heterocycles. The van der Waals surface area contributed by atoms with Gasteiger partial charge in [0.05, 0.1) is 6.54 Å². The number of benzene rings is 1. The van der Waals surface area contributed by atoms with E-state index >= 15 is 0 Å². The van der Waals surface area contributed by atoms with Crippen LogP contribution in [0.25, 0.3) is 0 Å². The predicted molar refractivity (Wildman–Crippen MR) is 87.0 cm³/mol. The van der Waals surface area contributed by atoms with Crippen molar-refractivity contribution in [1.29, 1.82) is 0 Å². The Kier molecular flexibility index (Phi) is 4.65. The van der Waals surface area contributed by atoms with E-state index in [0.717, 1.165) is 11.3 Å². The van der Waals surface area contributed by atoms with E-state index < -0.39 is 5.60 Å². The second-order valence-corrected chi connectivity index (χ2v) is 6.19. The standard InChI is InChI=1S/C16H20N2O2S/c1-16(20,13-8-9-21-10-13)11-17-15(19)12-4-6-14(7-5-12)18(2)3/h4-10,20H,11H2,1-3H3,(H,17,19). The highest BCUT2D eigenvalue weighted by atomic mass is 32.1. The van der Waals surface area contributed by atoms with Crippen LogP contribution in [0.1, 0.15) is 22.8 Å². The van der Waals surface area contributed by atoms with Gasteiger partial charge in [-0.3, -0.25) is 4.79 Å². The molecule has 0 saturated carbocycles. The Balaban J connectivity index is 1.98. The van der Waals surface area contributed by atoms with Crippen LogP contribution in [-0.2, 0) is 5.60 Å². The molecule has 1 aromatic carbocycles. The molecule has 0 aliphatic rings. The van der Waals surface area contributed by atoms with E-state index in [0.29, 0.717) is 5.56 Å². The quantitative estimate of drug-likeness (QED) is 0.892. The summed E-state index contributed by atoms with van der Waals surface area (Å²) in [5.74, 6) is -0.184. The van der Waals surface area contributed by atoms with Gasteiger partial charge in [0.25, 0.3) is 5.91 Å². The molecule has 1 heterocycles. The van der Waals surface area contributed by atoms with Crippen LogP contribution in [0.3, 0.4) is 0 Å². The van der Waals surface area contributed by atoms with Gasteiger partial charge in [0, 0.05) is 25.3 Å². The number of carbonyl (C=O) groups is 1. The van der Waals surface area contributed by atoms with Crippen molar-refractivity contribution >= 4 is 22.9 Å². The normalized spacial score (nSPS) is 13.5. The number of rotatable bonds is 5. The lowest BCUT2D eigenvalue weighted by Crippen LogP contribution is -2.38. The molecule has 0 fully saturated rings. The van der Waals surface area contributed by atoms with Crippen molar-refractivity contribution in [3.63, 3.8) is 0 Å². The SMILES string of the molecule is CN(C)c1ccc(C(=O)NCC(C)(O)c2ccsc2)cc1. The minimum Gasteiger partial charge on any atom is -0.384 e. The highest BCUT2D eigenvalue weighted by Crippen LogP contribution is 2.22. The second-order valence-electron chi connectivity index (χ2n) is 5.41. The van der Waals surface area contributed by atoms with E-state index in [9.17, 15) is 9.90 Å². The number of hydrogen-bond acceptors (Lipinski definition) is 4. The average molecular weight is 304 g/mol. The molecular weight excluding hydrogens is 284 g/mol. The number of nitrogens with one attached hydrogen (secondary N) is 1. The minimum atomic E-state index is -1.06. The van der Waals surface area contributed by atoms with Crippen LogP contribution in [-0.4, -0.2) is 31.7 Å². The Labute approximate surface area is 129 Å². The highest BCUT2D eigenvalue weighted by molar-refractivity contribution is 7.08. The van der Waals surface area contributed by atoms with Gasteiger partial charge >= 0.3 is 0 Å². The lowest BCUT2D eigenvalue weighted by Gasteiger charge is -2.22. The van der Waals surface area contributed by atoms with Crippen LogP contribution in [0.5, 0.6) is 0 Å². The largest absolute Gasteiger partial charge is 0.384 e. The first kappa shape index (κ1) is 15.5. The molecule has 0 spiro atoms. The number of thiophene rings is 1. The van der Waals surface area contributed by atoms with Crippen LogP contribution >= 0.6 is 11.3 Å². The molecule has 1 atom stereocenters. The fourth-order valence-corrected chi connectivity index (χ4v) is 2.72. The Hall–Kier alpha value is -1.85. The van der Waals surface area contributed by atoms with Gasteiger partial charge in [0.1, 0.15) is 5.60 Å². The van der Waals surface area contributed by atoms with E-state index in [-0.39, 0.29) is 12.5 Å². The van der Waals surface area contributed by atoms with Crippen molar-refractivity contribution in [3.05, 3.63) is 52.2 Å². The zero-order chi connectivity index (χ0) is 15.5. The minimum absolute atomic E-state index is 0.179. The average Bonchev–Trinajstić information content (AvgIpc) is 3.00. The van der Waals surface area contributed by atoms with E-state index in [1.54, 1.807) is 19.1 Å². The van der Waals surface area contributed by atoms with Gasteiger partial charge in [0.2, 0.25) is 0 Å². The molecular formula is C16H20N2O2S. The van der Waals surface area contributed by atoms with E-state index in [4.69, 9.17) is 0 Å². The Morgan fingerprint density at radius 3 is 2.48 bits per heavy atom. The zero-order valence-electron chi connectivity index (χ0n) is 12.5. The molecule has 1 aromatic heterocycles. The van der Waals surface area contributed by atoms with E-state index in [2.05, 4.69) is 5.32 Å². The Morgan fingerprint density at radius 1 is 1.29 bits per heavy atom. The predicted octanol–water partition coefficient (Wildman–Crippen LogP) is 2.45. The molecule has 4 nitrogen and oxygen atoms in total. The molecule has 112 valence electrons. The summed E-state index contributed by atoms with van der Waals surface area (Å²) in [5, 5.41) is 16.9. The van der Waals surface area contributed by atoms with Gasteiger partial charge in [0.15, 0.2) is 0 Å². The van der Waals surface area contributed by atoms with Crippen LogP contribution < -0.4 is 10.2 Å². The molecule has 2 rings (SSSR count). The number of amides is 1. The maximum absolute atomic E-state index is 12.1. The van der Waals surface area contributed by atoms with Gasteiger partial charge < -0.3 is 15.3 Å². The third-order valence-electron chi connectivity index (χ3n) is 3.38. The van der Waals surface area contributed by atoms with Crippen LogP contribution in [0.2, 0.25) is 0 Å². The van der Waals surface area contributed by atoms with Crippen molar-refractivity contribution in [2.45, 2.75) is 12.5 Å². The number of carbonyl (C=O) groups excluding carboxylic acids is 1. The number of anilines is 1. The second kappa shape index (κ2) is 6.28. The van der Waals surface area contributed by atoms with Gasteiger partial charge in [-0.05, 0) is 53.6 Å². The molecule has 0 saturated heterocycles. The molecule has 21 heavy (non-hydrogen) atoms. The van der Waals surface area contributed by atoms with Crippen molar-refractivity contribution in [3.8, 4) is 0 Å². The first-order chi connectivity index (χ1) is 9.90. The molecule has 2 aromatic rings. The number of hydrogen-bond donors (Lipinski definition) is 2. The highest BCUT2D eigenvalue weighted by Gasteiger charge is 2.24. The fraction of sp³-hybridized carbons (Fsp3) is 0.312. The molecule has 2 N–H and O–H groups in total. The monoisotopic (exact) mass is 304 g/mol. The van der Waals surface area contributed by atoms with Crippen molar-refractivity contribution < 1.29 is 9.90 Å². The van der Waals surface area contributed by atoms with Crippen LogP contribution in [0, 0.1) is 0 Å². The summed E-state index contributed by atoms with van der Waals surface area (Å²) >= 11 is 1.52. The summed E-state index contributed by atoms with van der Waals surface area (Å²) in [5.41, 5.74) is 1.38. The third kappa shape index (κ3) is 3.83. The zero-order valence-corrected chi connectivity index (χ0v) is 13.3. The fourth-order valence-electron chi connectivity index (χ4n) is 1.94.